The van der Waals surface area contributed by atoms with Crippen LogP contribution in [0.2, 0.25) is 0 Å². The third kappa shape index (κ3) is 3.48. The molecular weight excluding hydrogens is 232 g/mol. The maximum absolute atomic E-state index is 5.54. The second-order valence-electron chi connectivity index (χ2n) is 4.91. The van der Waals surface area contributed by atoms with Crippen LogP contribution >= 0.6 is 11.3 Å². The largest absolute Gasteiger partial charge is 0.330 e. The van der Waals surface area contributed by atoms with Crippen LogP contribution in [0.5, 0.6) is 0 Å². The number of likely N-dealkylation sites (tertiary alicyclic amines) is 1. The van der Waals surface area contributed by atoms with Gasteiger partial charge in [0, 0.05) is 37.5 Å². The predicted octanol–water partition coefficient (Wildman–Crippen LogP) is 0.780. The van der Waals surface area contributed by atoms with E-state index in [-0.39, 0.29) is 0 Å². The number of nitrogens with two attached hydrogens (primary N) is 1. The first kappa shape index (κ1) is 13.0. The molecular formula is C12H22N4S. The van der Waals surface area contributed by atoms with Gasteiger partial charge >= 0.3 is 0 Å². The maximum atomic E-state index is 5.54. The summed E-state index contributed by atoms with van der Waals surface area (Å²) in [6, 6.07) is 0.706. The SMILES string of the molecule is CN(C)C1CCN(Cc2csc(CCN)n2)C1. The number of hydrogen-bond acceptors (Lipinski definition) is 5. The number of hydrogen-bond donors (Lipinski definition) is 1. The molecule has 1 atom stereocenters. The molecule has 1 aromatic heterocycles. The van der Waals surface area contributed by atoms with Crippen molar-refractivity contribution < 1.29 is 0 Å². The fourth-order valence-corrected chi connectivity index (χ4v) is 3.07. The molecule has 0 aromatic carbocycles. The highest BCUT2D eigenvalue weighted by molar-refractivity contribution is 7.09. The molecule has 0 amide bonds. The van der Waals surface area contributed by atoms with Gasteiger partial charge in [-0.2, -0.15) is 0 Å². The number of rotatable bonds is 5. The summed E-state index contributed by atoms with van der Waals surface area (Å²) in [6.07, 6.45) is 2.18. The second-order valence-corrected chi connectivity index (χ2v) is 5.86. The van der Waals surface area contributed by atoms with Gasteiger partial charge in [-0.05, 0) is 27.1 Å². The molecule has 0 saturated carbocycles. The van der Waals surface area contributed by atoms with Crippen LogP contribution in [0.4, 0.5) is 0 Å². The van der Waals surface area contributed by atoms with Crippen LogP contribution < -0.4 is 5.73 Å². The van der Waals surface area contributed by atoms with Crippen LogP contribution in [0.25, 0.3) is 0 Å². The lowest BCUT2D eigenvalue weighted by atomic mass is 10.2. The van der Waals surface area contributed by atoms with Crippen molar-refractivity contribution >= 4 is 11.3 Å². The monoisotopic (exact) mass is 254 g/mol. The van der Waals surface area contributed by atoms with Crippen LogP contribution in [0.3, 0.4) is 0 Å². The van der Waals surface area contributed by atoms with E-state index in [2.05, 4.69) is 34.3 Å². The van der Waals surface area contributed by atoms with Crippen LogP contribution in [-0.4, -0.2) is 54.6 Å². The highest BCUT2D eigenvalue weighted by Gasteiger charge is 2.24. The van der Waals surface area contributed by atoms with Gasteiger partial charge in [-0.25, -0.2) is 4.98 Å². The average Bonchev–Trinajstić information content (AvgIpc) is 2.89. The lowest BCUT2D eigenvalue weighted by Crippen LogP contribution is -2.31. The molecule has 96 valence electrons. The molecule has 0 aliphatic carbocycles. The fraction of sp³-hybridized carbons (Fsp3) is 0.750. The maximum Gasteiger partial charge on any atom is 0.0941 e. The van der Waals surface area contributed by atoms with Gasteiger partial charge < -0.3 is 10.6 Å². The van der Waals surface area contributed by atoms with E-state index in [0.29, 0.717) is 12.6 Å². The molecule has 1 fully saturated rings. The first-order chi connectivity index (χ1) is 8.19. The Bertz CT molecular complexity index is 350. The Morgan fingerprint density at radius 2 is 2.41 bits per heavy atom. The molecule has 2 rings (SSSR count). The first-order valence-corrected chi connectivity index (χ1v) is 7.09. The Kier molecular flexibility index (Phi) is 4.50. The smallest absolute Gasteiger partial charge is 0.0941 e. The zero-order chi connectivity index (χ0) is 12.3. The molecule has 1 aliphatic heterocycles. The topological polar surface area (TPSA) is 45.4 Å². The minimum Gasteiger partial charge on any atom is -0.330 e. The van der Waals surface area contributed by atoms with E-state index in [0.717, 1.165) is 19.5 Å². The quantitative estimate of drug-likeness (QED) is 0.843. The van der Waals surface area contributed by atoms with Crippen molar-refractivity contribution in [3.63, 3.8) is 0 Å². The second kappa shape index (κ2) is 5.91. The van der Waals surface area contributed by atoms with Crippen molar-refractivity contribution in [2.45, 2.75) is 25.4 Å². The third-order valence-electron chi connectivity index (χ3n) is 3.32. The molecule has 1 saturated heterocycles. The third-order valence-corrected chi connectivity index (χ3v) is 4.28. The van der Waals surface area contributed by atoms with Gasteiger partial charge in [-0.1, -0.05) is 0 Å². The minimum atomic E-state index is 0.694. The zero-order valence-corrected chi connectivity index (χ0v) is 11.5. The van der Waals surface area contributed by atoms with E-state index in [1.165, 1.54) is 23.7 Å². The molecule has 1 unspecified atom stereocenters. The summed E-state index contributed by atoms with van der Waals surface area (Å²) in [5, 5.41) is 3.35. The molecule has 17 heavy (non-hydrogen) atoms. The summed E-state index contributed by atoms with van der Waals surface area (Å²) in [7, 11) is 4.33. The number of nitrogens with zero attached hydrogens (tertiary/aromatic N) is 3. The van der Waals surface area contributed by atoms with Crippen LogP contribution in [0, 0.1) is 0 Å². The summed E-state index contributed by atoms with van der Waals surface area (Å²) in [6.45, 7) is 4.04. The molecule has 5 heteroatoms. The summed E-state index contributed by atoms with van der Waals surface area (Å²) >= 11 is 1.74. The Labute approximate surface area is 107 Å². The fourth-order valence-electron chi connectivity index (χ4n) is 2.27. The normalized spacial score (nSPS) is 21.5. The van der Waals surface area contributed by atoms with Crippen molar-refractivity contribution in [3.05, 3.63) is 16.1 Å². The van der Waals surface area contributed by atoms with Crippen molar-refractivity contribution in [2.75, 3.05) is 33.7 Å². The molecule has 0 spiro atoms. The lowest BCUT2D eigenvalue weighted by molar-refractivity contribution is 0.263. The van der Waals surface area contributed by atoms with E-state index < -0.39 is 0 Å². The molecule has 0 radical (unpaired) electrons. The summed E-state index contributed by atoms with van der Waals surface area (Å²) < 4.78 is 0. The Balaban J connectivity index is 1.84. The van der Waals surface area contributed by atoms with Crippen LogP contribution in [0.1, 0.15) is 17.1 Å². The van der Waals surface area contributed by atoms with Crippen molar-refractivity contribution in [3.8, 4) is 0 Å². The number of likely N-dealkylation sites (N-methyl/N-ethyl adjacent to an activating group) is 1. The Morgan fingerprint density at radius 1 is 1.59 bits per heavy atom. The van der Waals surface area contributed by atoms with Gasteiger partial charge in [0.2, 0.25) is 0 Å². The summed E-state index contributed by atoms with van der Waals surface area (Å²) in [5.74, 6) is 0. The number of thiazole rings is 1. The van der Waals surface area contributed by atoms with Crippen LogP contribution in [0.15, 0.2) is 5.38 Å². The lowest BCUT2D eigenvalue weighted by Gasteiger charge is -2.19. The molecule has 2 heterocycles. The predicted molar refractivity (Wildman–Crippen MR) is 72.2 cm³/mol. The van der Waals surface area contributed by atoms with Gasteiger partial charge in [-0.15, -0.1) is 11.3 Å². The van der Waals surface area contributed by atoms with E-state index in [9.17, 15) is 0 Å². The van der Waals surface area contributed by atoms with E-state index in [1.54, 1.807) is 11.3 Å². The standard InChI is InChI=1S/C12H22N4S/c1-15(2)11-4-6-16(8-11)7-10-9-17-12(14-10)3-5-13/h9,11H,3-8,13H2,1-2H3. The van der Waals surface area contributed by atoms with Gasteiger partial charge in [0.25, 0.3) is 0 Å². The summed E-state index contributed by atoms with van der Waals surface area (Å²) in [5.41, 5.74) is 6.74. The van der Waals surface area contributed by atoms with Crippen molar-refractivity contribution in [1.29, 1.82) is 0 Å². The van der Waals surface area contributed by atoms with Gasteiger partial charge in [-0.3, -0.25) is 4.90 Å². The molecule has 1 aromatic rings. The van der Waals surface area contributed by atoms with Gasteiger partial charge in [0.15, 0.2) is 0 Å². The molecule has 2 N–H and O–H groups in total. The Morgan fingerprint density at radius 3 is 3.06 bits per heavy atom. The van der Waals surface area contributed by atoms with Crippen LogP contribution in [-0.2, 0) is 13.0 Å². The minimum absolute atomic E-state index is 0.694. The van der Waals surface area contributed by atoms with Gasteiger partial charge in [0.05, 0.1) is 10.7 Å². The molecule has 4 nitrogen and oxygen atoms in total. The van der Waals surface area contributed by atoms with Crippen molar-refractivity contribution in [1.82, 2.24) is 14.8 Å². The first-order valence-electron chi connectivity index (χ1n) is 6.21. The highest BCUT2D eigenvalue weighted by Crippen LogP contribution is 2.17. The van der Waals surface area contributed by atoms with E-state index >= 15 is 0 Å². The van der Waals surface area contributed by atoms with Gasteiger partial charge in [0.1, 0.15) is 0 Å². The zero-order valence-electron chi connectivity index (χ0n) is 10.7. The van der Waals surface area contributed by atoms with Crippen molar-refractivity contribution in [2.24, 2.45) is 5.73 Å². The van der Waals surface area contributed by atoms with E-state index in [4.69, 9.17) is 5.73 Å². The highest BCUT2D eigenvalue weighted by atomic mass is 32.1. The van der Waals surface area contributed by atoms with E-state index in [1.807, 2.05) is 0 Å². The average molecular weight is 254 g/mol. The molecule has 1 aliphatic rings. The molecule has 0 bridgehead atoms. The summed E-state index contributed by atoms with van der Waals surface area (Å²) in [4.78, 5) is 9.43. The number of aromatic nitrogens is 1. The Hall–Kier alpha value is -0.490.